The smallest absolute Gasteiger partial charge is 0.234 e. The van der Waals surface area contributed by atoms with Crippen LogP contribution < -0.4 is 5.32 Å². The van der Waals surface area contributed by atoms with Gasteiger partial charge in [0.15, 0.2) is 0 Å². The maximum absolute atomic E-state index is 11.8. The lowest BCUT2D eigenvalue weighted by Crippen LogP contribution is -2.42. The van der Waals surface area contributed by atoms with Crippen LogP contribution in [0.25, 0.3) is 0 Å². The van der Waals surface area contributed by atoms with E-state index in [9.17, 15) is 9.59 Å². The number of rotatable bonds is 4. The van der Waals surface area contributed by atoms with Gasteiger partial charge in [-0.15, -0.1) is 0 Å². The van der Waals surface area contributed by atoms with E-state index in [0.29, 0.717) is 24.3 Å². The Kier molecular flexibility index (Phi) is 4.19. The Hall–Kier alpha value is -1.57. The van der Waals surface area contributed by atoms with Crippen molar-refractivity contribution in [2.45, 2.75) is 32.1 Å². The Morgan fingerprint density at radius 1 is 1.22 bits per heavy atom. The molecule has 2 amide bonds. The van der Waals surface area contributed by atoms with Gasteiger partial charge >= 0.3 is 0 Å². The molecule has 5 heteroatoms. The molecule has 1 aliphatic heterocycles. The van der Waals surface area contributed by atoms with E-state index in [0.717, 1.165) is 38.8 Å². The molecule has 0 unspecified atom stereocenters. The van der Waals surface area contributed by atoms with Gasteiger partial charge in [-0.3, -0.25) is 9.59 Å². The van der Waals surface area contributed by atoms with Crippen LogP contribution in [0.3, 0.4) is 0 Å². The third-order valence-electron chi connectivity index (χ3n) is 3.68. The normalized spacial score (nSPS) is 20.3. The molecule has 0 aromatic rings. The Morgan fingerprint density at radius 2 is 1.89 bits per heavy atom. The van der Waals surface area contributed by atoms with Crippen molar-refractivity contribution in [3.05, 3.63) is 0 Å². The lowest BCUT2D eigenvalue weighted by molar-refractivity contribution is -0.134. The first-order valence-electron chi connectivity index (χ1n) is 6.63. The quantitative estimate of drug-likeness (QED) is 0.795. The number of piperidine rings is 1. The van der Waals surface area contributed by atoms with Gasteiger partial charge in [-0.05, 0) is 31.6 Å². The predicted molar refractivity (Wildman–Crippen MR) is 65.3 cm³/mol. The summed E-state index contributed by atoms with van der Waals surface area (Å²) in [6, 6.07) is 1.83. The molecule has 1 N–H and O–H groups in total. The number of nitrogens with zero attached hydrogens (tertiary/aromatic N) is 2. The topological polar surface area (TPSA) is 73.2 Å². The fourth-order valence-corrected chi connectivity index (χ4v) is 2.34. The molecule has 1 aliphatic carbocycles. The van der Waals surface area contributed by atoms with Gasteiger partial charge in [0, 0.05) is 25.6 Å². The molecule has 98 valence electrons. The van der Waals surface area contributed by atoms with E-state index in [-0.39, 0.29) is 12.3 Å². The maximum Gasteiger partial charge on any atom is 0.234 e. The van der Waals surface area contributed by atoms with Crippen molar-refractivity contribution < 1.29 is 9.59 Å². The van der Waals surface area contributed by atoms with Gasteiger partial charge in [0.25, 0.3) is 0 Å². The summed E-state index contributed by atoms with van der Waals surface area (Å²) in [6.07, 6.45) is 3.95. The Labute approximate surface area is 107 Å². The molecule has 1 saturated heterocycles. The fraction of sp³-hybridized carbons (Fsp3) is 0.769. The van der Waals surface area contributed by atoms with Crippen molar-refractivity contribution in [1.29, 1.82) is 5.26 Å². The van der Waals surface area contributed by atoms with Crippen molar-refractivity contribution >= 4 is 11.8 Å². The van der Waals surface area contributed by atoms with Crippen LogP contribution >= 0.6 is 0 Å². The molecule has 18 heavy (non-hydrogen) atoms. The van der Waals surface area contributed by atoms with Crippen molar-refractivity contribution in [3.8, 4) is 6.07 Å². The summed E-state index contributed by atoms with van der Waals surface area (Å²) in [5.41, 5.74) is 0. The molecule has 1 heterocycles. The van der Waals surface area contributed by atoms with Crippen molar-refractivity contribution in [1.82, 2.24) is 10.2 Å². The minimum atomic E-state index is -0.200. The van der Waals surface area contributed by atoms with Gasteiger partial charge in [0.1, 0.15) is 6.42 Å². The number of nitriles is 1. The molecule has 1 saturated carbocycles. The second-order valence-corrected chi connectivity index (χ2v) is 5.18. The molecule has 2 fully saturated rings. The van der Waals surface area contributed by atoms with E-state index in [2.05, 4.69) is 5.32 Å². The van der Waals surface area contributed by atoms with E-state index >= 15 is 0 Å². The second kappa shape index (κ2) is 5.85. The molecule has 0 aromatic heterocycles. The maximum atomic E-state index is 11.8. The minimum absolute atomic E-state index is 0.0704. The van der Waals surface area contributed by atoms with Crippen molar-refractivity contribution in [2.24, 2.45) is 11.8 Å². The average molecular weight is 249 g/mol. The first-order valence-corrected chi connectivity index (χ1v) is 6.63. The molecule has 0 bridgehead atoms. The van der Waals surface area contributed by atoms with Crippen LogP contribution in [-0.2, 0) is 9.59 Å². The molecular formula is C13H19N3O2. The summed E-state index contributed by atoms with van der Waals surface area (Å²) in [5.74, 6) is 0.865. The van der Waals surface area contributed by atoms with Gasteiger partial charge in [0.2, 0.25) is 11.8 Å². The highest BCUT2D eigenvalue weighted by Crippen LogP contribution is 2.32. The first kappa shape index (κ1) is 12.9. The number of likely N-dealkylation sites (tertiary alicyclic amines) is 1. The van der Waals surface area contributed by atoms with E-state index in [1.54, 1.807) is 0 Å². The molecule has 0 radical (unpaired) electrons. The molecule has 2 aliphatic rings. The summed E-state index contributed by atoms with van der Waals surface area (Å²) >= 11 is 0. The lowest BCUT2D eigenvalue weighted by atomic mass is 9.96. The van der Waals surface area contributed by atoms with Crippen LogP contribution in [0.2, 0.25) is 0 Å². The molecule has 0 aromatic carbocycles. The van der Waals surface area contributed by atoms with E-state index in [4.69, 9.17) is 5.26 Å². The molecular weight excluding hydrogens is 230 g/mol. The zero-order valence-corrected chi connectivity index (χ0v) is 10.5. The minimum Gasteiger partial charge on any atom is -0.355 e. The van der Waals surface area contributed by atoms with Gasteiger partial charge in [0.05, 0.1) is 6.07 Å². The van der Waals surface area contributed by atoms with Crippen LogP contribution in [0.5, 0.6) is 0 Å². The van der Waals surface area contributed by atoms with Gasteiger partial charge < -0.3 is 10.2 Å². The van der Waals surface area contributed by atoms with E-state index in [1.807, 2.05) is 11.0 Å². The van der Waals surface area contributed by atoms with Crippen LogP contribution in [-0.4, -0.2) is 36.3 Å². The SMILES string of the molecule is N#CCC(=O)NCC1CCN(C(=O)C2CC2)CC1. The monoisotopic (exact) mass is 249 g/mol. The van der Waals surface area contributed by atoms with Gasteiger partial charge in [-0.2, -0.15) is 5.26 Å². The highest BCUT2D eigenvalue weighted by atomic mass is 16.2. The standard InChI is InChI=1S/C13H19N3O2/c14-6-3-12(17)15-9-10-4-7-16(8-5-10)13(18)11-1-2-11/h10-11H,1-5,7-9H2,(H,15,17). The highest BCUT2D eigenvalue weighted by molar-refractivity contribution is 5.81. The summed E-state index contributed by atoms with van der Waals surface area (Å²) < 4.78 is 0. The lowest BCUT2D eigenvalue weighted by Gasteiger charge is -2.32. The number of carbonyl (C=O) groups is 2. The Morgan fingerprint density at radius 3 is 2.44 bits per heavy atom. The van der Waals surface area contributed by atoms with Gasteiger partial charge in [-0.25, -0.2) is 0 Å². The zero-order chi connectivity index (χ0) is 13.0. The first-order chi connectivity index (χ1) is 8.70. The predicted octanol–water partition coefficient (Wildman–Crippen LogP) is 0.665. The molecule has 0 spiro atoms. The van der Waals surface area contributed by atoms with Gasteiger partial charge in [-0.1, -0.05) is 0 Å². The number of carbonyl (C=O) groups excluding carboxylic acids is 2. The fourth-order valence-electron chi connectivity index (χ4n) is 2.34. The third kappa shape index (κ3) is 3.46. The number of nitrogens with one attached hydrogen (secondary N) is 1. The summed E-state index contributed by atoms with van der Waals surface area (Å²) in [6.45, 7) is 2.26. The van der Waals surface area contributed by atoms with E-state index in [1.165, 1.54) is 0 Å². The second-order valence-electron chi connectivity index (χ2n) is 5.18. The number of hydrogen-bond acceptors (Lipinski definition) is 3. The number of hydrogen-bond donors (Lipinski definition) is 1. The Bertz CT molecular complexity index is 363. The van der Waals surface area contributed by atoms with Crippen molar-refractivity contribution in [3.63, 3.8) is 0 Å². The average Bonchev–Trinajstić information content (AvgIpc) is 3.21. The van der Waals surface area contributed by atoms with Crippen molar-refractivity contribution in [2.75, 3.05) is 19.6 Å². The van der Waals surface area contributed by atoms with Crippen LogP contribution in [0.15, 0.2) is 0 Å². The molecule has 0 atom stereocenters. The summed E-state index contributed by atoms with van der Waals surface area (Å²) in [4.78, 5) is 25.0. The highest BCUT2D eigenvalue weighted by Gasteiger charge is 2.34. The third-order valence-corrected chi connectivity index (χ3v) is 3.68. The molecule has 2 rings (SSSR count). The molecule has 5 nitrogen and oxygen atoms in total. The van der Waals surface area contributed by atoms with Crippen LogP contribution in [0, 0.1) is 23.2 Å². The van der Waals surface area contributed by atoms with Crippen LogP contribution in [0.4, 0.5) is 0 Å². The summed E-state index contributed by atoms with van der Waals surface area (Å²) in [7, 11) is 0. The van der Waals surface area contributed by atoms with Crippen LogP contribution in [0.1, 0.15) is 32.1 Å². The zero-order valence-electron chi connectivity index (χ0n) is 10.5. The number of amides is 2. The Balaban J connectivity index is 1.65. The largest absolute Gasteiger partial charge is 0.355 e. The summed E-state index contributed by atoms with van der Waals surface area (Å²) in [5, 5.41) is 11.1. The van der Waals surface area contributed by atoms with E-state index < -0.39 is 0 Å².